The minimum atomic E-state index is -0.0353. The first-order chi connectivity index (χ1) is 8.22. The van der Waals surface area contributed by atoms with Crippen molar-refractivity contribution in [2.45, 2.75) is 6.04 Å². The molecule has 0 radical (unpaired) electrons. The highest BCUT2D eigenvalue weighted by atomic mass is 32.1. The Labute approximate surface area is 105 Å². The van der Waals surface area contributed by atoms with Crippen LogP contribution < -0.4 is 10.6 Å². The molecule has 0 spiro atoms. The SMILES string of the molecule is NC(=S)c1ccc(N2CCOCC2CO)nc1. The van der Waals surface area contributed by atoms with E-state index in [1.807, 2.05) is 17.0 Å². The molecule has 92 valence electrons. The van der Waals surface area contributed by atoms with Crippen LogP contribution in [0.15, 0.2) is 18.3 Å². The van der Waals surface area contributed by atoms with Crippen LogP contribution in [0.3, 0.4) is 0 Å². The minimum Gasteiger partial charge on any atom is -0.394 e. The number of ether oxygens (including phenoxy) is 1. The number of thiocarbonyl (C=S) groups is 1. The zero-order chi connectivity index (χ0) is 12.3. The number of aromatic nitrogens is 1. The maximum atomic E-state index is 9.28. The van der Waals surface area contributed by atoms with Crippen LogP contribution >= 0.6 is 12.2 Å². The van der Waals surface area contributed by atoms with Gasteiger partial charge in [-0.3, -0.25) is 0 Å². The van der Waals surface area contributed by atoms with Crippen LogP contribution in [0, 0.1) is 0 Å². The second kappa shape index (κ2) is 5.39. The van der Waals surface area contributed by atoms with Crippen molar-refractivity contribution in [3.8, 4) is 0 Å². The van der Waals surface area contributed by atoms with E-state index < -0.39 is 0 Å². The first-order valence-electron chi connectivity index (χ1n) is 5.43. The quantitative estimate of drug-likeness (QED) is 0.734. The fraction of sp³-hybridized carbons (Fsp3) is 0.455. The first kappa shape index (κ1) is 12.2. The Hall–Kier alpha value is -1.24. The summed E-state index contributed by atoms with van der Waals surface area (Å²) < 4.78 is 5.32. The van der Waals surface area contributed by atoms with Gasteiger partial charge in [0.05, 0.1) is 25.9 Å². The van der Waals surface area contributed by atoms with Crippen molar-refractivity contribution in [1.82, 2.24) is 4.98 Å². The Kier molecular flexibility index (Phi) is 3.88. The molecule has 1 aromatic heterocycles. The number of pyridine rings is 1. The van der Waals surface area contributed by atoms with Crippen LogP contribution in [-0.4, -0.2) is 47.5 Å². The summed E-state index contributed by atoms with van der Waals surface area (Å²) in [7, 11) is 0. The van der Waals surface area contributed by atoms with Crippen molar-refractivity contribution < 1.29 is 9.84 Å². The summed E-state index contributed by atoms with van der Waals surface area (Å²) in [6.07, 6.45) is 1.65. The summed E-state index contributed by atoms with van der Waals surface area (Å²) in [6.45, 7) is 1.95. The van der Waals surface area contributed by atoms with E-state index in [9.17, 15) is 5.11 Å². The zero-order valence-corrected chi connectivity index (χ0v) is 10.2. The molecule has 1 fully saturated rings. The topological polar surface area (TPSA) is 71.6 Å². The molecular formula is C11H15N3O2S. The summed E-state index contributed by atoms with van der Waals surface area (Å²) in [5.41, 5.74) is 6.26. The van der Waals surface area contributed by atoms with Crippen molar-refractivity contribution in [2.24, 2.45) is 5.73 Å². The van der Waals surface area contributed by atoms with Crippen LogP contribution in [-0.2, 0) is 4.74 Å². The standard InChI is InChI=1S/C11H15N3O2S/c12-11(17)8-1-2-10(13-5-8)14-3-4-16-7-9(14)6-15/h1-2,5,9,15H,3-4,6-7H2,(H2,12,17). The molecule has 1 aliphatic rings. The van der Waals surface area contributed by atoms with Gasteiger partial charge in [-0.2, -0.15) is 0 Å². The van der Waals surface area contributed by atoms with Crippen molar-refractivity contribution >= 4 is 23.0 Å². The lowest BCUT2D eigenvalue weighted by molar-refractivity contribution is 0.0723. The van der Waals surface area contributed by atoms with E-state index >= 15 is 0 Å². The lowest BCUT2D eigenvalue weighted by Gasteiger charge is -2.35. The van der Waals surface area contributed by atoms with E-state index in [1.54, 1.807) is 6.20 Å². The highest BCUT2D eigenvalue weighted by Crippen LogP contribution is 2.17. The summed E-state index contributed by atoms with van der Waals surface area (Å²) in [5.74, 6) is 0.812. The molecule has 1 unspecified atom stereocenters. The number of aliphatic hydroxyl groups is 1. The first-order valence-corrected chi connectivity index (χ1v) is 5.84. The molecule has 1 saturated heterocycles. The highest BCUT2D eigenvalue weighted by Gasteiger charge is 2.23. The van der Waals surface area contributed by atoms with Crippen LogP contribution in [0.1, 0.15) is 5.56 Å². The van der Waals surface area contributed by atoms with Gasteiger partial charge in [-0.1, -0.05) is 12.2 Å². The second-order valence-electron chi connectivity index (χ2n) is 3.87. The third-order valence-corrected chi connectivity index (χ3v) is 3.00. The number of hydrogen-bond acceptors (Lipinski definition) is 5. The molecule has 0 aromatic carbocycles. The van der Waals surface area contributed by atoms with Gasteiger partial charge >= 0.3 is 0 Å². The lowest BCUT2D eigenvalue weighted by Crippen LogP contribution is -2.48. The molecule has 1 aromatic rings. The smallest absolute Gasteiger partial charge is 0.129 e. The van der Waals surface area contributed by atoms with Gasteiger partial charge in [-0.05, 0) is 12.1 Å². The fourth-order valence-electron chi connectivity index (χ4n) is 1.81. The summed E-state index contributed by atoms with van der Waals surface area (Å²) in [6, 6.07) is 3.67. The van der Waals surface area contributed by atoms with Crippen molar-refractivity contribution in [3.05, 3.63) is 23.9 Å². The highest BCUT2D eigenvalue weighted by molar-refractivity contribution is 7.80. The number of aliphatic hydroxyl groups excluding tert-OH is 1. The van der Waals surface area contributed by atoms with Gasteiger partial charge < -0.3 is 20.5 Å². The maximum Gasteiger partial charge on any atom is 0.129 e. The molecule has 0 saturated carbocycles. The van der Waals surface area contributed by atoms with E-state index in [0.29, 0.717) is 18.2 Å². The van der Waals surface area contributed by atoms with E-state index in [2.05, 4.69) is 4.98 Å². The zero-order valence-electron chi connectivity index (χ0n) is 9.37. The third kappa shape index (κ3) is 2.71. The van der Waals surface area contributed by atoms with E-state index in [0.717, 1.165) is 17.9 Å². The Morgan fingerprint density at radius 3 is 3.06 bits per heavy atom. The number of anilines is 1. The monoisotopic (exact) mass is 253 g/mol. The number of nitrogens with zero attached hydrogens (tertiary/aromatic N) is 2. The predicted molar refractivity (Wildman–Crippen MR) is 69.2 cm³/mol. The molecular weight excluding hydrogens is 238 g/mol. The average Bonchev–Trinajstić information content (AvgIpc) is 2.39. The van der Waals surface area contributed by atoms with Crippen LogP contribution in [0.2, 0.25) is 0 Å². The Balaban J connectivity index is 2.17. The lowest BCUT2D eigenvalue weighted by atomic mass is 10.2. The molecule has 2 rings (SSSR count). The number of hydrogen-bond donors (Lipinski definition) is 2. The van der Waals surface area contributed by atoms with Crippen molar-refractivity contribution in [3.63, 3.8) is 0 Å². The van der Waals surface area contributed by atoms with Crippen LogP contribution in [0.25, 0.3) is 0 Å². The number of morpholine rings is 1. The van der Waals surface area contributed by atoms with Gasteiger partial charge in [-0.15, -0.1) is 0 Å². The molecule has 2 heterocycles. The predicted octanol–water partition coefficient (Wildman–Crippen LogP) is -0.0867. The summed E-state index contributed by atoms with van der Waals surface area (Å²) >= 11 is 4.87. The molecule has 1 atom stereocenters. The van der Waals surface area contributed by atoms with Crippen molar-refractivity contribution in [2.75, 3.05) is 31.3 Å². The van der Waals surface area contributed by atoms with E-state index in [4.69, 9.17) is 22.7 Å². The second-order valence-corrected chi connectivity index (χ2v) is 4.31. The van der Waals surface area contributed by atoms with E-state index in [1.165, 1.54) is 0 Å². The molecule has 5 nitrogen and oxygen atoms in total. The molecule has 0 bridgehead atoms. The number of rotatable bonds is 3. The number of nitrogens with two attached hydrogens (primary N) is 1. The fourth-order valence-corrected chi connectivity index (χ4v) is 1.93. The Bertz CT molecular complexity index is 396. The van der Waals surface area contributed by atoms with Crippen LogP contribution in [0.4, 0.5) is 5.82 Å². The van der Waals surface area contributed by atoms with Gasteiger partial charge in [0, 0.05) is 18.3 Å². The molecule has 0 aliphatic carbocycles. The molecule has 3 N–H and O–H groups in total. The normalized spacial score (nSPS) is 20.3. The van der Waals surface area contributed by atoms with Gasteiger partial charge in [-0.25, -0.2) is 4.98 Å². The van der Waals surface area contributed by atoms with Gasteiger partial charge in [0.2, 0.25) is 0 Å². The van der Waals surface area contributed by atoms with E-state index in [-0.39, 0.29) is 12.6 Å². The summed E-state index contributed by atoms with van der Waals surface area (Å²) in [4.78, 5) is 6.69. The van der Waals surface area contributed by atoms with Gasteiger partial charge in [0.15, 0.2) is 0 Å². The average molecular weight is 253 g/mol. The summed E-state index contributed by atoms with van der Waals surface area (Å²) in [5, 5.41) is 9.28. The molecule has 0 amide bonds. The van der Waals surface area contributed by atoms with Gasteiger partial charge in [0.1, 0.15) is 10.8 Å². The van der Waals surface area contributed by atoms with Crippen LogP contribution in [0.5, 0.6) is 0 Å². The Morgan fingerprint density at radius 1 is 1.65 bits per heavy atom. The molecule has 1 aliphatic heterocycles. The minimum absolute atomic E-state index is 0.0353. The Morgan fingerprint density at radius 2 is 2.47 bits per heavy atom. The largest absolute Gasteiger partial charge is 0.394 e. The maximum absolute atomic E-state index is 9.28. The third-order valence-electron chi connectivity index (χ3n) is 2.76. The van der Waals surface area contributed by atoms with Gasteiger partial charge in [0.25, 0.3) is 0 Å². The molecule has 17 heavy (non-hydrogen) atoms. The van der Waals surface area contributed by atoms with Crippen molar-refractivity contribution in [1.29, 1.82) is 0 Å². The molecule has 6 heteroatoms.